The van der Waals surface area contributed by atoms with Crippen LogP contribution in [0, 0.1) is 6.92 Å². The molecule has 104 valence electrons. The zero-order valence-corrected chi connectivity index (χ0v) is 13.2. The molecule has 19 heavy (non-hydrogen) atoms. The number of aryl methyl sites for hydroxylation is 1. The third-order valence-electron chi connectivity index (χ3n) is 4.41. The van der Waals surface area contributed by atoms with Crippen LogP contribution in [-0.2, 0) is 5.41 Å². The maximum Gasteiger partial charge on any atom is 0.209 e. The Balaban J connectivity index is 2.31. The highest BCUT2D eigenvalue weighted by atomic mass is 15.1. The Kier molecular flexibility index (Phi) is 3.82. The molecule has 0 spiro atoms. The number of hydrogen-bond donors (Lipinski definition) is 0. The second-order valence-electron chi connectivity index (χ2n) is 6.54. The van der Waals surface area contributed by atoms with Gasteiger partial charge in [0.2, 0.25) is 5.69 Å². The number of nitrogens with zero attached hydrogens (tertiary/aromatic N) is 2. The Morgan fingerprint density at radius 1 is 1.16 bits per heavy atom. The van der Waals surface area contributed by atoms with Gasteiger partial charge in [-0.3, -0.25) is 0 Å². The van der Waals surface area contributed by atoms with Crippen molar-refractivity contribution in [1.29, 1.82) is 0 Å². The van der Waals surface area contributed by atoms with Crippen LogP contribution in [0.15, 0.2) is 18.2 Å². The quantitative estimate of drug-likeness (QED) is 0.752. The van der Waals surface area contributed by atoms with Crippen LogP contribution in [0.4, 0.5) is 5.69 Å². The molecule has 2 nitrogen and oxygen atoms in total. The standard InChI is InChI=1S/C17H27N2/c1-13-8-9-16-15(12-13)17(3,4)14(2)19(16)11-7-10-18(5)6/h8-9,12H,7,10-11H2,1-6H3/q+1. The van der Waals surface area contributed by atoms with Gasteiger partial charge in [-0.15, -0.1) is 0 Å². The molecule has 0 aliphatic carbocycles. The van der Waals surface area contributed by atoms with Crippen LogP contribution >= 0.6 is 0 Å². The number of benzene rings is 1. The molecule has 2 heteroatoms. The van der Waals surface area contributed by atoms with Crippen molar-refractivity contribution in [3.05, 3.63) is 29.3 Å². The van der Waals surface area contributed by atoms with Crippen molar-refractivity contribution in [1.82, 2.24) is 4.90 Å². The number of rotatable bonds is 4. The van der Waals surface area contributed by atoms with Crippen LogP contribution in [0.2, 0.25) is 0 Å². The Hall–Kier alpha value is -1.15. The molecular formula is C17H27N2+. The van der Waals surface area contributed by atoms with E-state index in [1.54, 1.807) is 0 Å². The van der Waals surface area contributed by atoms with E-state index in [9.17, 15) is 0 Å². The summed E-state index contributed by atoms with van der Waals surface area (Å²) in [5, 5.41) is 0. The van der Waals surface area contributed by atoms with Crippen LogP contribution in [0.3, 0.4) is 0 Å². The topological polar surface area (TPSA) is 6.25 Å². The van der Waals surface area contributed by atoms with Gasteiger partial charge in [0.05, 0.1) is 5.41 Å². The fourth-order valence-corrected chi connectivity index (χ4v) is 2.93. The molecule has 1 heterocycles. The highest BCUT2D eigenvalue weighted by Gasteiger charge is 2.42. The minimum Gasteiger partial charge on any atom is -0.309 e. The fraction of sp³-hybridized carbons (Fsp3) is 0.588. The van der Waals surface area contributed by atoms with Gasteiger partial charge in [0.15, 0.2) is 5.71 Å². The lowest BCUT2D eigenvalue weighted by atomic mass is 9.82. The van der Waals surface area contributed by atoms with Gasteiger partial charge in [0.25, 0.3) is 0 Å². The molecule has 0 aromatic heterocycles. The molecule has 1 aromatic carbocycles. The van der Waals surface area contributed by atoms with Crippen LogP contribution in [-0.4, -0.2) is 42.4 Å². The molecule has 0 saturated heterocycles. The molecule has 0 atom stereocenters. The van der Waals surface area contributed by atoms with Crippen molar-refractivity contribution in [3.8, 4) is 0 Å². The lowest BCUT2D eigenvalue weighted by Crippen LogP contribution is -2.27. The summed E-state index contributed by atoms with van der Waals surface area (Å²) in [5.41, 5.74) is 5.89. The van der Waals surface area contributed by atoms with E-state index in [-0.39, 0.29) is 5.41 Å². The highest BCUT2D eigenvalue weighted by Crippen LogP contribution is 2.39. The Morgan fingerprint density at radius 2 is 1.84 bits per heavy atom. The first-order chi connectivity index (χ1) is 8.84. The van der Waals surface area contributed by atoms with Crippen LogP contribution < -0.4 is 0 Å². The Morgan fingerprint density at radius 3 is 2.47 bits per heavy atom. The number of hydrogen-bond acceptors (Lipinski definition) is 1. The minimum atomic E-state index is 0.166. The summed E-state index contributed by atoms with van der Waals surface area (Å²) in [4.78, 5) is 2.26. The van der Waals surface area contributed by atoms with Gasteiger partial charge >= 0.3 is 0 Å². The van der Waals surface area contributed by atoms with Crippen LogP contribution in [0.5, 0.6) is 0 Å². The summed E-state index contributed by atoms with van der Waals surface area (Å²) in [5.74, 6) is 0. The van der Waals surface area contributed by atoms with Crippen molar-refractivity contribution in [2.75, 3.05) is 27.2 Å². The summed E-state index contributed by atoms with van der Waals surface area (Å²) in [6, 6.07) is 6.87. The van der Waals surface area contributed by atoms with Crippen molar-refractivity contribution in [2.24, 2.45) is 0 Å². The zero-order chi connectivity index (χ0) is 14.2. The first kappa shape index (κ1) is 14.3. The molecule has 0 amide bonds. The first-order valence-corrected chi connectivity index (χ1v) is 7.21. The number of fused-ring (bicyclic) bond motifs is 1. The van der Waals surface area contributed by atoms with Gasteiger partial charge in [-0.05, 0) is 40.9 Å². The van der Waals surface area contributed by atoms with Crippen molar-refractivity contribution in [3.63, 3.8) is 0 Å². The molecule has 0 radical (unpaired) electrons. The molecule has 1 aliphatic rings. The summed E-state index contributed by atoms with van der Waals surface area (Å²) in [7, 11) is 4.28. The summed E-state index contributed by atoms with van der Waals surface area (Å²) < 4.78 is 2.51. The molecular weight excluding hydrogens is 232 g/mol. The average Bonchev–Trinajstić information content (AvgIpc) is 2.50. The monoisotopic (exact) mass is 259 g/mol. The van der Waals surface area contributed by atoms with E-state index in [2.05, 4.69) is 69.5 Å². The van der Waals surface area contributed by atoms with E-state index in [1.807, 2.05) is 0 Å². The van der Waals surface area contributed by atoms with E-state index in [1.165, 1.54) is 28.9 Å². The third kappa shape index (κ3) is 2.59. The smallest absolute Gasteiger partial charge is 0.209 e. The van der Waals surface area contributed by atoms with Gasteiger partial charge in [0, 0.05) is 31.5 Å². The molecule has 0 unspecified atom stereocenters. The van der Waals surface area contributed by atoms with Gasteiger partial charge in [-0.25, -0.2) is 0 Å². The van der Waals surface area contributed by atoms with Crippen molar-refractivity contribution >= 4 is 11.4 Å². The Labute approximate surface area is 117 Å². The molecule has 0 saturated carbocycles. The normalized spacial score (nSPS) is 17.2. The van der Waals surface area contributed by atoms with E-state index in [0.717, 1.165) is 13.1 Å². The molecule has 1 aromatic rings. The SMILES string of the molecule is CC1=[N+](CCCN(C)C)c2ccc(C)cc2C1(C)C. The fourth-order valence-electron chi connectivity index (χ4n) is 2.93. The Bertz CT molecular complexity index is 510. The molecule has 0 fully saturated rings. The minimum absolute atomic E-state index is 0.166. The lowest BCUT2D eigenvalue weighted by molar-refractivity contribution is -0.439. The predicted molar refractivity (Wildman–Crippen MR) is 82.8 cm³/mol. The molecule has 1 aliphatic heterocycles. The lowest BCUT2D eigenvalue weighted by Gasteiger charge is -2.15. The first-order valence-electron chi connectivity index (χ1n) is 7.21. The van der Waals surface area contributed by atoms with Gasteiger partial charge < -0.3 is 4.90 Å². The van der Waals surface area contributed by atoms with Crippen molar-refractivity contribution < 1.29 is 4.58 Å². The van der Waals surface area contributed by atoms with E-state index >= 15 is 0 Å². The zero-order valence-electron chi connectivity index (χ0n) is 13.2. The summed E-state index contributed by atoms with van der Waals surface area (Å²) in [6.45, 7) is 11.4. The highest BCUT2D eigenvalue weighted by molar-refractivity contribution is 5.93. The maximum absolute atomic E-state index is 2.51. The average molecular weight is 259 g/mol. The van der Waals surface area contributed by atoms with Gasteiger partial charge in [-0.2, -0.15) is 4.58 Å². The van der Waals surface area contributed by atoms with Gasteiger partial charge in [-0.1, -0.05) is 11.6 Å². The largest absolute Gasteiger partial charge is 0.309 e. The van der Waals surface area contributed by atoms with Crippen molar-refractivity contribution in [2.45, 2.75) is 39.5 Å². The van der Waals surface area contributed by atoms with Crippen LogP contribution in [0.1, 0.15) is 38.3 Å². The molecule has 2 rings (SSSR count). The summed E-state index contributed by atoms with van der Waals surface area (Å²) >= 11 is 0. The van der Waals surface area contributed by atoms with E-state index in [0.29, 0.717) is 0 Å². The second-order valence-corrected chi connectivity index (χ2v) is 6.54. The molecule has 0 bridgehead atoms. The molecule has 0 N–H and O–H groups in total. The van der Waals surface area contributed by atoms with Gasteiger partial charge in [0.1, 0.15) is 6.54 Å². The maximum atomic E-state index is 2.51. The van der Waals surface area contributed by atoms with E-state index < -0.39 is 0 Å². The predicted octanol–water partition coefficient (Wildman–Crippen LogP) is 3.34. The second kappa shape index (κ2) is 5.09. The van der Waals surface area contributed by atoms with Crippen LogP contribution in [0.25, 0.3) is 0 Å². The summed E-state index contributed by atoms with van der Waals surface area (Å²) in [6.07, 6.45) is 1.20. The van der Waals surface area contributed by atoms with E-state index in [4.69, 9.17) is 0 Å². The third-order valence-corrected chi connectivity index (χ3v) is 4.41.